The highest BCUT2D eigenvalue weighted by Gasteiger charge is 2.15. The Bertz CT molecular complexity index is 698. The lowest BCUT2D eigenvalue weighted by molar-refractivity contribution is -0.122. The van der Waals surface area contributed by atoms with Crippen molar-refractivity contribution in [1.82, 2.24) is 0 Å². The molecule has 1 N–H and O–H groups in total. The first-order valence-electron chi connectivity index (χ1n) is 8.28. The number of hydrogen-bond acceptors (Lipinski definition) is 4. The molecule has 5 nitrogen and oxygen atoms in total. The Morgan fingerprint density at radius 3 is 2.40 bits per heavy atom. The number of benzene rings is 2. The third kappa shape index (κ3) is 4.96. The van der Waals surface area contributed by atoms with Gasteiger partial charge in [0.1, 0.15) is 5.75 Å². The normalized spacial score (nSPS) is 15.5. The number of ether oxygens (including phenoxy) is 2. The van der Waals surface area contributed by atoms with E-state index in [1.54, 1.807) is 6.92 Å². The number of carbonyl (C=O) groups is 1. The summed E-state index contributed by atoms with van der Waals surface area (Å²) in [5.41, 5.74) is 1.90. The van der Waals surface area contributed by atoms with Crippen molar-refractivity contribution < 1.29 is 14.3 Å². The number of nitrogens with one attached hydrogen (secondary N) is 1. The Labute approximate surface area is 156 Å². The summed E-state index contributed by atoms with van der Waals surface area (Å²) < 4.78 is 12.0. The van der Waals surface area contributed by atoms with Crippen LogP contribution in [0.15, 0.2) is 53.0 Å². The van der Waals surface area contributed by atoms with Crippen molar-refractivity contribution >= 4 is 33.2 Å². The van der Waals surface area contributed by atoms with Gasteiger partial charge in [0.15, 0.2) is 6.10 Å². The molecular weight excluding hydrogens is 384 g/mol. The molecule has 6 heteroatoms. The van der Waals surface area contributed by atoms with Gasteiger partial charge in [0.05, 0.1) is 13.2 Å². The second-order valence-electron chi connectivity index (χ2n) is 5.85. The molecule has 0 unspecified atom stereocenters. The van der Waals surface area contributed by atoms with Gasteiger partial charge in [-0.05, 0) is 55.5 Å². The lowest BCUT2D eigenvalue weighted by atomic mass is 10.2. The molecule has 0 aliphatic carbocycles. The lowest BCUT2D eigenvalue weighted by Gasteiger charge is -2.29. The third-order valence-corrected chi connectivity index (χ3v) is 4.54. The number of anilines is 2. The van der Waals surface area contributed by atoms with Gasteiger partial charge in [-0.1, -0.05) is 15.9 Å². The fourth-order valence-corrected chi connectivity index (χ4v) is 2.86. The summed E-state index contributed by atoms with van der Waals surface area (Å²) >= 11 is 3.37. The smallest absolute Gasteiger partial charge is 0.265 e. The molecule has 3 rings (SSSR count). The van der Waals surface area contributed by atoms with Crippen molar-refractivity contribution in [1.29, 1.82) is 0 Å². The molecule has 1 fully saturated rings. The number of rotatable bonds is 5. The van der Waals surface area contributed by atoms with E-state index in [0.717, 1.165) is 42.2 Å². The molecule has 1 heterocycles. The van der Waals surface area contributed by atoms with Gasteiger partial charge in [-0.15, -0.1) is 0 Å². The summed E-state index contributed by atoms with van der Waals surface area (Å²) in [6.07, 6.45) is -0.583. The topological polar surface area (TPSA) is 50.8 Å². The van der Waals surface area contributed by atoms with Gasteiger partial charge < -0.3 is 19.7 Å². The molecule has 2 aromatic rings. The van der Waals surface area contributed by atoms with E-state index in [4.69, 9.17) is 9.47 Å². The minimum absolute atomic E-state index is 0.179. The summed E-state index contributed by atoms with van der Waals surface area (Å²) in [5.74, 6) is 0.482. The maximum absolute atomic E-state index is 12.3. The van der Waals surface area contributed by atoms with E-state index < -0.39 is 6.10 Å². The highest BCUT2D eigenvalue weighted by atomic mass is 79.9. The average Bonchev–Trinajstić information content (AvgIpc) is 2.65. The molecule has 0 radical (unpaired) electrons. The van der Waals surface area contributed by atoms with Crippen LogP contribution < -0.4 is 15.0 Å². The van der Waals surface area contributed by atoms with Gasteiger partial charge in [0.25, 0.3) is 5.91 Å². The number of morpholine rings is 1. The highest BCUT2D eigenvalue weighted by Crippen LogP contribution is 2.20. The van der Waals surface area contributed by atoms with Crippen molar-refractivity contribution in [3.8, 4) is 5.75 Å². The summed E-state index contributed by atoms with van der Waals surface area (Å²) in [4.78, 5) is 14.6. The van der Waals surface area contributed by atoms with E-state index in [2.05, 4.69) is 26.1 Å². The van der Waals surface area contributed by atoms with Crippen LogP contribution in [0.25, 0.3) is 0 Å². The standard InChI is InChI=1S/C19H21BrN2O3/c1-14(25-18-8-2-15(20)3-9-18)19(23)21-16-4-6-17(7-5-16)22-10-12-24-13-11-22/h2-9,14H,10-13H2,1H3,(H,21,23)/t14-/m1/s1. The van der Waals surface area contributed by atoms with E-state index in [-0.39, 0.29) is 5.91 Å². The van der Waals surface area contributed by atoms with Crippen LogP contribution in [0.2, 0.25) is 0 Å². The Balaban J connectivity index is 1.55. The van der Waals surface area contributed by atoms with Crippen molar-refractivity contribution in [2.75, 3.05) is 36.5 Å². The number of hydrogen-bond donors (Lipinski definition) is 1. The molecule has 0 bridgehead atoms. The zero-order valence-corrected chi connectivity index (χ0v) is 15.7. The van der Waals surface area contributed by atoms with Crippen molar-refractivity contribution in [3.63, 3.8) is 0 Å². The largest absolute Gasteiger partial charge is 0.481 e. The molecule has 132 valence electrons. The maximum atomic E-state index is 12.3. The first-order chi connectivity index (χ1) is 12.1. The molecule has 0 saturated carbocycles. The molecule has 2 aromatic carbocycles. The van der Waals surface area contributed by atoms with Crippen molar-refractivity contribution in [3.05, 3.63) is 53.0 Å². The second-order valence-corrected chi connectivity index (χ2v) is 6.77. The molecule has 1 amide bonds. The minimum Gasteiger partial charge on any atom is -0.481 e. The zero-order chi connectivity index (χ0) is 17.6. The average molecular weight is 405 g/mol. The third-order valence-electron chi connectivity index (χ3n) is 4.01. The van der Waals surface area contributed by atoms with E-state index in [0.29, 0.717) is 5.75 Å². The van der Waals surface area contributed by atoms with Crippen LogP contribution in [0, 0.1) is 0 Å². The van der Waals surface area contributed by atoms with E-state index in [1.165, 1.54) is 0 Å². The van der Waals surface area contributed by atoms with Crippen LogP contribution in [-0.2, 0) is 9.53 Å². The molecule has 0 aromatic heterocycles. The summed E-state index contributed by atoms with van der Waals surface area (Å²) in [7, 11) is 0. The van der Waals surface area contributed by atoms with E-state index in [1.807, 2.05) is 48.5 Å². The monoisotopic (exact) mass is 404 g/mol. The van der Waals surface area contributed by atoms with Gasteiger partial charge in [-0.2, -0.15) is 0 Å². The molecule has 25 heavy (non-hydrogen) atoms. The number of amides is 1. The Morgan fingerprint density at radius 2 is 1.76 bits per heavy atom. The van der Waals surface area contributed by atoms with Crippen LogP contribution in [0.5, 0.6) is 5.75 Å². The lowest BCUT2D eigenvalue weighted by Crippen LogP contribution is -2.36. The molecule has 1 aliphatic rings. The molecule has 1 atom stereocenters. The summed E-state index contributed by atoms with van der Waals surface area (Å²) in [6.45, 7) is 5.03. The Hall–Kier alpha value is -2.05. The number of halogens is 1. The van der Waals surface area contributed by atoms with Crippen molar-refractivity contribution in [2.45, 2.75) is 13.0 Å². The fourth-order valence-electron chi connectivity index (χ4n) is 2.59. The van der Waals surface area contributed by atoms with Gasteiger partial charge in [0, 0.05) is 28.9 Å². The SMILES string of the molecule is C[C@@H](Oc1ccc(Br)cc1)C(=O)Nc1ccc(N2CCOCC2)cc1. The summed E-state index contributed by atoms with van der Waals surface area (Å²) in [5, 5.41) is 2.89. The van der Waals surface area contributed by atoms with Crippen LogP contribution in [0.3, 0.4) is 0 Å². The predicted octanol–water partition coefficient (Wildman–Crippen LogP) is 3.69. The first kappa shape index (κ1) is 17.8. The van der Waals surface area contributed by atoms with Gasteiger partial charge in [0.2, 0.25) is 0 Å². The van der Waals surface area contributed by atoms with Crippen LogP contribution in [0.4, 0.5) is 11.4 Å². The second kappa shape index (κ2) is 8.36. The van der Waals surface area contributed by atoms with Crippen molar-refractivity contribution in [2.24, 2.45) is 0 Å². The Morgan fingerprint density at radius 1 is 1.12 bits per heavy atom. The first-order valence-corrected chi connectivity index (χ1v) is 9.07. The van der Waals surface area contributed by atoms with Gasteiger partial charge in [-0.25, -0.2) is 0 Å². The minimum atomic E-state index is -0.583. The van der Waals surface area contributed by atoms with E-state index in [9.17, 15) is 4.79 Å². The van der Waals surface area contributed by atoms with Gasteiger partial charge in [-0.3, -0.25) is 4.79 Å². The van der Waals surface area contributed by atoms with Crippen LogP contribution in [0.1, 0.15) is 6.92 Å². The highest BCUT2D eigenvalue weighted by molar-refractivity contribution is 9.10. The number of nitrogens with zero attached hydrogens (tertiary/aromatic N) is 1. The maximum Gasteiger partial charge on any atom is 0.265 e. The molecular formula is C19H21BrN2O3. The van der Waals surface area contributed by atoms with Crippen LogP contribution in [-0.4, -0.2) is 38.3 Å². The van der Waals surface area contributed by atoms with Gasteiger partial charge >= 0.3 is 0 Å². The fraction of sp³-hybridized carbons (Fsp3) is 0.316. The van der Waals surface area contributed by atoms with Crippen LogP contribution >= 0.6 is 15.9 Å². The Kier molecular flexibility index (Phi) is 5.94. The molecule has 1 aliphatic heterocycles. The number of carbonyl (C=O) groups excluding carboxylic acids is 1. The predicted molar refractivity (Wildman–Crippen MR) is 102 cm³/mol. The zero-order valence-electron chi connectivity index (χ0n) is 14.1. The van der Waals surface area contributed by atoms with E-state index >= 15 is 0 Å². The molecule has 1 saturated heterocycles. The molecule has 0 spiro atoms. The summed E-state index contributed by atoms with van der Waals surface area (Å²) in [6, 6.07) is 15.3. The quantitative estimate of drug-likeness (QED) is 0.825.